The van der Waals surface area contributed by atoms with Gasteiger partial charge in [0.15, 0.2) is 0 Å². The molecule has 28 heavy (non-hydrogen) atoms. The van der Waals surface area contributed by atoms with Crippen molar-refractivity contribution < 1.29 is 0 Å². The van der Waals surface area contributed by atoms with Crippen LogP contribution >= 0.6 is 22.9 Å². The van der Waals surface area contributed by atoms with E-state index in [4.69, 9.17) is 11.6 Å². The fourth-order valence-corrected chi connectivity index (χ4v) is 4.97. The standard InChI is InChI=1S/C26H27ClS/c1-25(2,3)17-12-16(13-18(14-17)26(4,5)6)20-8-7-9-23-24(20)21-15-19(27)10-11-22(21)28-23/h7-15H,1-6H3. The van der Waals surface area contributed by atoms with Gasteiger partial charge < -0.3 is 0 Å². The predicted molar refractivity (Wildman–Crippen MR) is 127 cm³/mol. The normalized spacial score (nSPS) is 12.8. The number of benzene rings is 3. The number of hydrogen-bond acceptors (Lipinski definition) is 1. The first-order chi connectivity index (χ1) is 13.0. The summed E-state index contributed by atoms with van der Waals surface area (Å²) in [5.74, 6) is 0. The molecule has 0 unspecified atom stereocenters. The van der Waals surface area contributed by atoms with E-state index in [2.05, 4.69) is 90.1 Å². The zero-order chi connectivity index (χ0) is 20.3. The van der Waals surface area contributed by atoms with Crippen LogP contribution in [0.2, 0.25) is 5.02 Å². The lowest BCUT2D eigenvalue weighted by atomic mass is 9.78. The monoisotopic (exact) mass is 406 g/mol. The Morgan fingerprint density at radius 3 is 1.96 bits per heavy atom. The summed E-state index contributed by atoms with van der Waals surface area (Å²) in [6.07, 6.45) is 0. The van der Waals surface area contributed by atoms with E-state index in [1.807, 2.05) is 17.4 Å². The van der Waals surface area contributed by atoms with Gasteiger partial charge >= 0.3 is 0 Å². The molecule has 4 aromatic rings. The molecule has 0 fully saturated rings. The lowest BCUT2D eigenvalue weighted by Gasteiger charge is -2.26. The number of hydrogen-bond donors (Lipinski definition) is 0. The Morgan fingerprint density at radius 1 is 0.714 bits per heavy atom. The molecule has 0 nitrogen and oxygen atoms in total. The van der Waals surface area contributed by atoms with E-state index < -0.39 is 0 Å². The van der Waals surface area contributed by atoms with Gasteiger partial charge in [0.25, 0.3) is 0 Å². The third-order valence-corrected chi connectivity index (χ3v) is 6.80. The Balaban J connectivity index is 2.07. The zero-order valence-corrected chi connectivity index (χ0v) is 19.1. The van der Waals surface area contributed by atoms with Crippen molar-refractivity contribution in [1.29, 1.82) is 0 Å². The van der Waals surface area contributed by atoms with Crippen molar-refractivity contribution >= 4 is 43.1 Å². The molecule has 0 amide bonds. The summed E-state index contributed by atoms with van der Waals surface area (Å²) < 4.78 is 2.60. The predicted octanol–water partition coefficient (Wildman–Crippen LogP) is 8.97. The smallest absolute Gasteiger partial charge is 0.0413 e. The topological polar surface area (TPSA) is 0 Å². The number of rotatable bonds is 1. The average molecular weight is 407 g/mol. The Labute approximate surface area is 177 Å². The van der Waals surface area contributed by atoms with E-state index >= 15 is 0 Å². The van der Waals surface area contributed by atoms with E-state index in [0.717, 1.165) is 5.02 Å². The summed E-state index contributed by atoms with van der Waals surface area (Å²) >= 11 is 8.19. The van der Waals surface area contributed by atoms with Crippen molar-refractivity contribution in [3.05, 3.63) is 70.7 Å². The molecule has 0 bridgehead atoms. The third kappa shape index (κ3) is 3.47. The second-order valence-electron chi connectivity index (χ2n) is 9.72. The summed E-state index contributed by atoms with van der Waals surface area (Å²) in [6, 6.07) is 20.0. The van der Waals surface area contributed by atoms with Gasteiger partial charge in [-0.3, -0.25) is 0 Å². The number of fused-ring (bicyclic) bond motifs is 3. The highest BCUT2D eigenvalue weighted by atomic mass is 35.5. The van der Waals surface area contributed by atoms with Gasteiger partial charge in [-0.1, -0.05) is 83.5 Å². The Bertz CT molecular complexity index is 1150. The van der Waals surface area contributed by atoms with Crippen molar-refractivity contribution in [2.24, 2.45) is 0 Å². The van der Waals surface area contributed by atoms with E-state index in [-0.39, 0.29) is 10.8 Å². The molecular weight excluding hydrogens is 380 g/mol. The largest absolute Gasteiger partial charge is 0.135 e. The first-order valence-electron chi connectivity index (χ1n) is 9.81. The van der Waals surface area contributed by atoms with Gasteiger partial charge in [0.1, 0.15) is 0 Å². The summed E-state index contributed by atoms with van der Waals surface area (Å²) in [6.45, 7) is 13.7. The second kappa shape index (κ2) is 6.61. The molecule has 0 aliphatic carbocycles. The van der Waals surface area contributed by atoms with Crippen LogP contribution in [0.15, 0.2) is 54.6 Å². The summed E-state index contributed by atoms with van der Waals surface area (Å²) in [7, 11) is 0. The molecule has 0 saturated carbocycles. The van der Waals surface area contributed by atoms with Crippen LogP contribution in [-0.2, 0) is 10.8 Å². The molecule has 144 valence electrons. The molecule has 0 spiro atoms. The van der Waals surface area contributed by atoms with E-state index in [0.29, 0.717) is 0 Å². The van der Waals surface area contributed by atoms with Crippen LogP contribution in [0.4, 0.5) is 0 Å². The maximum Gasteiger partial charge on any atom is 0.0413 e. The maximum absolute atomic E-state index is 6.35. The lowest BCUT2D eigenvalue weighted by Crippen LogP contribution is -2.16. The highest BCUT2D eigenvalue weighted by molar-refractivity contribution is 7.26. The van der Waals surface area contributed by atoms with Gasteiger partial charge in [-0.25, -0.2) is 0 Å². The zero-order valence-electron chi connectivity index (χ0n) is 17.5. The average Bonchev–Trinajstić information content (AvgIpc) is 2.97. The molecule has 2 heteroatoms. The maximum atomic E-state index is 6.35. The lowest BCUT2D eigenvalue weighted by molar-refractivity contribution is 0.569. The minimum absolute atomic E-state index is 0.101. The van der Waals surface area contributed by atoms with Crippen LogP contribution in [0.3, 0.4) is 0 Å². The van der Waals surface area contributed by atoms with Gasteiger partial charge in [0.05, 0.1) is 0 Å². The Kier molecular flexibility index (Phi) is 4.60. The van der Waals surface area contributed by atoms with Gasteiger partial charge in [0, 0.05) is 25.2 Å². The van der Waals surface area contributed by atoms with Gasteiger partial charge in [-0.15, -0.1) is 11.3 Å². The second-order valence-corrected chi connectivity index (χ2v) is 11.2. The Morgan fingerprint density at radius 2 is 1.36 bits per heavy atom. The molecule has 0 atom stereocenters. The van der Waals surface area contributed by atoms with Crippen molar-refractivity contribution in [1.82, 2.24) is 0 Å². The molecule has 1 aromatic heterocycles. The van der Waals surface area contributed by atoms with Crippen molar-refractivity contribution in [2.75, 3.05) is 0 Å². The molecule has 0 radical (unpaired) electrons. The minimum atomic E-state index is 0.101. The van der Waals surface area contributed by atoms with Crippen molar-refractivity contribution in [3.8, 4) is 11.1 Å². The van der Waals surface area contributed by atoms with Crippen LogP contribution in [-0.4, -0.2) is 0 Å². The van der Waals surface area contributed by atoms with E-state index in [1.54, 1.807) is 0 Å². The number of thiophene rings is 1. The third-order valence-electron chi connectivity index (χ3n) is 5.43. The SMILES string of the molecule is CC(C)(C)c1cc(-c2cccc3sc4ccc(Cl)cc4c23)cc(C(C)(C)C)c1. The first-order valence-corrected chi connectivity index (χ1v) is 11.0. The fraction of sp³-hybridized carbons (Fsp3) is 0.308. The molecule has 0 aliphatic rings. The van der Waals surface area contributed by atoms with Gasteiger partial charge in [-0.2, -0.15) is 0 Å². The van der Waals surface area contributed by atoms with Crippen LogP contribution in [0.25, 0.3) is 31.3 Å². The fourth-order valence-electron chi connectivity index (χ4n) is 3.69. The van der Waals surface area contributed by atoms with E-state index in [1.165, 1.54) is 42.4 Å². The molecule has 3 aromatic carbocycles. The highest BCUT2D eigenvalue weighted by Crippen LogP contribution is 2.42. The molecular formula is C26H27ClS. The quantitative estimate of drug-likeness (QED) is 0.296. The van der Waals surface area contributed by atoms with Gasteiger partial charge in [0.2, 0.25) is 0 Å². The summed E-state index contributed by atoms with van der Waals surface area (Å²) in [4.78, 5) is 0. The molecule has 1 heterocycles. The Hall–Kier alpha value is -1.83. The van der Waals surface area contributed by atoms with Gasteiger partial charge in [-0.05, 0) is 57.3 Å². The molecule has 4 rings (SSSR count). The number of halogens is 1. The minimum Gasteiger partial charge on any atom is -0.135 e. The molecule has 0 N–H and O–H groups in total. The summed E-state index contributed by atoms with van der Waals surface area (Å²) in [5, 5.41) is 3.36. The summed E-state index contributed by atoms with van der Waals surface area (Å²) in [5.41, 5.74) is 5.55. The molecule has 0 aliphatic heterocycles. The first kappa shape index (κ1) is 19.5. The van der Waals surface area contributed by atoms with Crippen LogP contribution in [0, 0.1) is 0 Å². The van der Waals surface area contributed by atoms with E-state index in [9.17, 15) is 0 Å². The highest BCUT2D eigenvalue weighted by Gasteiger charge is 2.22. The van der Waals surface area contributed by atoms with Crippen molar-refractivity contribution in [3.63, 3.8) is 0 Å². The van der Waals surface area contributed by atoms with Crippen LogP contribution in [0.1, 0.15) is 52.7 Å². The van der Waals surface area contributed by atoms with Crippen LogP contribution < -0.4 is 0 Å². The van der Waals surface area contributed by atoms with Crippen LogP contribution in [0.5, 0.6) is 0 Å². The van der Waals surface area contributed by atoms with Crippen molar-refractivity contribution in [2.45, 2.75) is 52.4 Å². The molecule has 0 saturated heterocycles.